The molecule has 6 heteroatoms. The monoisotopic (exact) mass is 318 g/mol. The van der Waals surface area contributed by atoms with Gasteiger partial charge in [0.2, 0.25) is 0 Å². The number of hydrogen-bond acceptors (Lipinski definition) is 4. The SMILES string of the molecule is C[C@H](NCc1ccc(Cl)s1)c1ccc(-n2cncn2)cc1. The summed E-state index contributed by atoms with van der Waals surface area (Å²) < 4.78 is 2.58. The van der Waals surface area contributed by atoms with E-state index in [1.54, 1.807) is 22.3 Å². The van der Waals surface area contributed by atoms with Crippen molar-refractivity contribution in [3.63, 3.8) is 0 Å². The van der Waals surface area contributed by atoms with Gasteiger partial charge in [-0.25, -0.2) is 9.67 Å². The maximum absolute atomic E-state index is 5.94. The van der Waals surface area contributed by atoms with Crippen LogP contribution in [0.1, 0.15) is 23.4 Å². The summed E-state index contributed by atoms with van der Waals surface area (Å²) in [5.41, 5.74) is 2.25. The molecule has 0 saturated carbocycles. The van der Waals surface area contributed by atoms with Gasteiger partial charge in [0.25, 0.3) is 0 Å². The van der Waals surface area contributed by atoms with Gasteiger partial charge in [-0.1, -0.05) is 23.7 Å². The molecule has 0 saturated heterocycles. The summed E-state index contributed by atoms with van der Waals surface area (Å²) in [7, 11) is 0. The van der Waals surface area contributed by atoms with Crippen molar-refractivity contribution in [2.45, 2.75) is 19.5 Å². The highest BCUT2D eigenvalue weighted by Gasteiger charge is 2.06. The highest BCUT2D eigenvalue weighted by Crippen LogP contribution is 2.22. The van der Waals surface area contributed by atoms with Gasteiger partial charge >= 0.3 is 0 Å². The molecular formula is C15H15ClN4S. The van der Waals surface area contributed by atoms with Crippen LogP contribution in [0, 0.1) is 0 Å². The number of halogens is 1. The number of aromatic nitrogens is 3. The predicted molar refractivity (Wildman–Crippen MR) is 85.9 cm³/mol. The molecule has 0 aliphatic heterocycles. The van der Waals surface area contributed by atoms with Crippen LogP contribution in [0.2, 0.25) is 4.34 Å². The van der Waals surface area contributed by atoms with E-state index in [9.17, 15) is 0 Å². The van der Waals surface area contributed by atoms with Crippen molar-refractivity contribution in [2.24, 2.45) is 0 Å². The van der Waals surface area contributed by atoms with Crippen LogP contribution in [0.3, 0.4) is 0 Å². The Morgan fingerprint density at radius 3 is 2.67 bits per heavy atom. The molecule has 0 spiro atoms. The van der Waals surface area contributed by atoms with Crippen LogP contribution < -0.4 is 5.32 Å². The van der Waals surface area contributed by atoms with Crippen molar-refractivity contribution < 1.29 is 0 Å². The van der Waals surface area contributed by atoms with Gasteiger partial charge < -0.3 is 5.32 Å². The molecular weight excluding hydrogens is 304 g/mol. The number of nitrogens with zero attached hydrogens (tertiary/aromatic N) is 3. The normalized spacial score (nSPS) is 12.5. The molecule has 0 radical (unpaired) electrons. The van der Waals surface area contributed by atoms with E-state index >= 15 is 0 Å². The van der Waals surface area contributed by atoms with E-state index in [1.165, 1.54) is 16.8 Å². The molecule has 1 aromatic carbocycles. The second kappa shape index (κ2) is 6.39. The number of hydrogen-bond donors (Lipinski definition) is 1. The average molecular weight is 319 g/mol. The maximum atomic E-state index is 5.94. The van der Waals surface area contributed by atoms with Crippen LogP contribution in [0.15, 0.2) is 49.1 Å². The molecule has 0 bridgehead atoms. The predicted octanol–water partition coefficient (Wildman–Crippen LogP) is 3.83. The van der Waals surface area contributed by atoms with Crippen LogP contribution in [0.4, 0.5) is 0 Å². The van der Waals surface area contributed by atoms with Gasteiger partial charge in [-0.3, -0.25) is 0 Å². The first-order chi connectivity index (χ1) is 10.2. The maximum Gasteiger partial charge on any atom is 0.138 e. The first kappa shape index (κ1) is 14.3. The Labute approximate surface area is 132 Å². The van der Waals surface area contributed by atoms with Crippen molar-refractivity contribution in [1.82, 2.24) is 20.1 Å². The van der Waals surface area contributed by atoms with Crippen LogP contribution >= 0.6 is 22.9 Å². The first-order valence-corrected chi connectivity index (χ1v) is 7.84. The zero-order chi connectivity index (χ0) is 14.7. The van der Waals surface area contributed by atoms with Crippen LogP contribution in [0.25, 0.3) is 5.69 Å². The molecule has 1 atom stereocenters. The molecule has 0 unspecified atom stereocenters. The molecule has 3 rings (SSSR count). The van der Waals surface area contributed by atoms with Crippen molar-refractivity contribution in [1.29, 1.82) is 0 Å². The summed E-state index contributed by atoms with van der Waals surface area (Å²) in [5, 5.41) is 7.62. The minimum Gasteiger partial charge on any atom is -0.305 e. The average Bonchev–Trinajstić information content (AvgIpc) is 3.16. The first-order valence-electron chi connectivity index (χ1n) is 6.65. The Hall–Kier alpha value is -1.69. The molecule has 2 heterocycles. The minimum atomic E-state index is 0.274. The van der Waals surface area contributed by atoms with Crippen LogP contribution in [-0.4, -0.2) is 14.8 Å². The summed E-state index contributed by atoms with van der Waals surface area (Å²) in [6.07, 6.45) is 3.22. The lowest BCUT2D eigenvalue weighted by Crippen LogP contribution is -2.17. The molecule has 0 aliphatic rings. The summed E-state index contributed by atoms with van der Waals surface area (Å²) in [6, 6.07) is 12.6. The topological polar surface area (TPSA) is 42.7 Å². The van der Waals surface area contributed by atoms with Crippen molar-refractivity contribution >= 4 is 22.9 Å². The summed E-state index contributed by atoms with van der Waals surface area (Å²) in [6.45, 7) is 2.98. The molecule has 108 valence electrons. The van der Waals surface area contributed by atoms with Gasteiger partial charge in [-0.15, -0.1) is 11.3 Å². The highest BCUT2D eigenvalue weighted by atomic mass is 35.5. The second-order valence-corrected chi connectivity index (χ2v) is 6.54. The summed E-state index contributed by atoms with van der Waals surface area (Å²) in [5.74, 6) is 0. The fourth-order valence-electron chi connectivity index (χ4n) is 2.08. The largest absolute Gasteiger partial charge is 0.305 e. The number of nitrogens with one attached hydrogen (secondary N) is 1. The molecule has 0 fully saturated rings. The van der Waals surface area contributed by atoms with E-state index in [4.69, 9.17) is 11.6 Å². The molecule has 0 amide bonds. The van der Waals surface area contributed by atoms with Crippen molar-refractivity contribution in [2.75, 3.05) is 0 Å². The zero-order valence-electron chi connectivity index (χ0n) is 11.5. The van der Waals surface area contributed by atoms with Gasteiger partial charge in [0.15, 0.2) is 0 Å². The fraction of sp³-hybridized carbons (Fsp3) is 0.200. The van der Waals surface area contributed by atoms with Gasteiger partial charge in [0, 0.05) is 17.5 Å². The van der Waals surface area contributed by atoms with E-state index in [-0.39, 0.29) is 6.04 Å². The van der Waals surface area contributed by atoms with E-state index in [1.807, 2.05) is 18.2 Å². The summed E-state index contributed by atoms with van der Waals surface area (Å²) >= 11 is 7.55. The molecule has 2 aromatic heterocycles. The van der Waals surface area contributed by atoms with Gasteiger partial charge in [-0.05, 0) is 36.8 Å². The van der Waals surface area contributed by atoms with Crippen LogP contribution in [-0.2, 0) is 6.54 Å². The zero-order valence-corrected chi connectivity index (χ0v) is 13.1. The number of benzene rings is 1. The van der Waals surface area contributed by atoms with E-state index in [2.05, 4.69) is 40.5 Å². The fourth-order valence-corrected chi connectivity index (χ4v) is 3.11. The molecule has 4 nitrogen and oxygen atoms in total. The number of thiophene rings is 1. The van der Waals surface area contributed by atoms with E-state index in [0.717, 1.165) is 16.6 Å². The third kappa shape index (κ3) is 3.50. The molecule has 0 aliphatic carbocycles. The molecule has 1 N–H and O–H groups in total. The highest BCUT2D eigenvalue weighted by molar-refractivity contribution is 7.16. The lowest BCUT2D eigenvalue weighted by molar-refractivity contribution is 0.579. The third-order valence-corrected chi connectivity index (χ3v) is 4.52. The molecule has 3 aromatic rings. The Morgan fingerprint density at radius 1 is 1.24 bits per heavy atom. The standard InChI is InChI=1S/C15H15ClN4S/c1-11(18-8-14-6-7-15(16)21-14)12-2-4-13(5-3-12)20-10-17-9-19-20/h2-7,9-11,18H,8H2,1H3/t11-/m0/s1. The summed E-state index contributed by atoms with van der Waals surface area (Å²) in [4.78, 5) is 5.19. The Kier molecular flexibility index (Phi) is 4.34. The quantitative estimate of drug-likeness (QED) is 0.777. The Balaban J connectivity index is 1.63. The van der Waals surface area contributed by atoms with Crippen molar-refractivity contribution in [3.05, 3.63) is 63.8 Å². The van der Waals surface area contributed by atoms with Crippen LogP contribution in [0.5, 0.6) is 0 Å². The minimum absolute atomic E-state index is 0.274. The van der Waals surface area contributed by atoms with Gasteiger partial charge in [0.05, 0.1) is 10.0 Å². The smallest absolute Gasteiger partial charge is 0.138 e. The van der Waals surface area contributed by atoms with Gasteiger partial charge in [0.1, 0.15) is 12.7 Å². The Morgan fingerprint density at radius 2 is 2.05 bits per heavy atom. The lowest BCUT2D eigenvalue weighted by atomic mass is 10.1. The third-order valence-electron chi connectivity index (χ3n) is 3.29. The Bertz CT molecular complexity index is 691. The molecule has 21 heavy (non-hydrogen) atoms. The van der Waals surface area contributed by atoms with Gasteiger partial charge in [-0.2, -0.15) is 5.10 Å². The van der Waals surface area contributed by atoms with E-state index < -0.39 is 0 Å². The van der Waals surface area contributed by atoms with E-state index in [0.29, 0.717) is 0 Å². The second-order valence-electron chi connectivity index (χ2n) is 4.74. The number of rotatable bonds is 5. The lowest BCUT2D eigenvalue weighted by Gasteiger charge is -2.14. The van der Waals surface area contributed by atoms with Crippen molar-refractivity contribution in [3.8, 4) is 5.69 Å².